The Morgan fingerprint density at radius 2 is 2.00 bits per heavy atom. The molecule has 0 saturated carbocycles. The normalized spacial score (nSPS) is 21.3. The molecule has 1 N–H and O–H groups in total. The van der Waals surface area contributed by atoms with E-state index < -0.39 is 0 Å². The number of allylic oxidation sites excluding steroid dienone is 7. The van der Waals surface area contributed by atoms with Crippen molar-refractivity contribution in [2.45, 2.75) is 65.2 Å². The number of hydrogen-bond donors (Lipinski definition) is 1. The molecule has 0 bridgehead atoms. The van der Waals surface area contributed by atoms with Crippen LogP contribution in [0.5, 0.6) is 0 Å². The van der Waals surface area contributed by atoms with Gasteiger partial charge in [-0.15, -0.1) is 0 Å². The predicted molar refractivity (Wildman–Crippen MR) is 127 cm³/mol. The summed E-state index contributed by atoms with van der Waals surface area (Å²) in [5.41, 5.74) is 8.00. The van der Waals surface area contributed by atoms with Crippen molar-refractivity contribution in [3.05, 3.63) is 82.5 Å². The van der Waals surface area contributed by atoms with Gasteiger partial charge in [0, 0.05) is 0 Å². The van der Waals surface area contributed by atoms with E-state index in [2.05, 4.69) is 80.8 Å². The summed E-state index contributed by atoms with van der Waals surface area (Å²) in [6.45, 7) is 5.87. The minimum absolute atomic E-state index is 0.581. The minimum Gasteiger partial charge on any atom is -0.319 e. The molecule has 1 aromatic rings. The van der Waals surface area contributed by atoms with E-state index in [-0.39, 0.29) is 0 Å². The van der Waals surface area contributed by atoms with Gasteiger partial charge in [0.25, 0.3) is 0 Å². The predicted octanol–water partition coefficient (Wildman–Crippen LogP) is 7.18. The maximum Gasteiger partial charge on any atom is -0.00111 e. The van der Waals surface area contributed by atoms with Crippen LogP contribution in [0.3, 0.4) is 0 Å². The number of benzene rings is 1. The monoisotopic (exact) mass is 389 g/mol. The maximum absolute atomic E-state index is 3.42. The van der Waals surface area contributed by atoms with Gasteiger partial charge in [-0.25, -0.2) is 0 Å². The summed E-state index contributed by atoms with van der Waals surface area (Å²) in [6.07, 6.45) is 19.3. The molecule has 29 heavy (non-hydrogen) atoms. The molecular weight excluding hydrogens is 350 g/mol. The van der Waals surface area contributed by atoms with E-state index in [0.29, 0.717) is 11.8 Å². The first kappa shape index (κ1) is 21.8. The molecule has 2 aliphatic carbocycles. The van der Waals surface area contributed by atoms with Gasteiger partial charge in [0.05, 0.1) is 0 Å². The van der Waals surface area contributed by atoms with Crippen LogP contribution in [0, 0.1) is 11.8 Å². The Hall–Kier alpha value is -1.86. The lowest BCUT2D eigenvalue weighted by Gasteiger charge is -2.31. The molecule has 0 fully saturated rings. The standard InChI is InChI=1S/C28H39N/c1-4-24(21-23-14-7-5-8-15-23)28(25-16-9-6-10-17-25)27(19-20-29-3)26-18-12-11-13-22(26)2/h5-9,14-16,18,22,24,29H,4,10-13,17,19-21H2,1-3H3. The fraction of sp³-hybridized carbons (Fsp3) is 0.500. The summed E-state index contributed by atoms with van der Waals surface area (Å²) in [4.78, 5) is 0. The second-order valence-electron chi connectivity index (χ2n) is 8.69. The average Bonchev–Trinajstić information content (AvgIpc) is 2.77. The van der Waals surface area contributed by atoms with Crippen LogP contribution in [0.15, 0.2) is 76.9 Å². The van der Waals surface area contributed by atoms with E-state index in [4.69, 9.17) is 0 Å². The number of nitrogens with one attached hydrogen (secondary N) is 1. The van der Waals surface area contributed by atoms with Crippen LogP contribution >= 0.6 is 0 Å². The van der Waals surface area contributed by atoms with Crippen molar-refractivity contribution in [1.82, 2.24) is 5.32 Å². The van der Waals surface area contributed by atoms with Gasteiger partial charge in [-0.3, -0.25) is 0 Å². The highest BCUT2D eigenvalue weighted by molar-refractivity contribution is 5.49. The molecule has 0 heterocycles. The van der Waals surface area contributed by atoms with Crippen molar-refractivity contribution in [3.63, 3.8) is 0 Å². The first-order valence-electron chi connectivity index (χ1n) is 11.7. The minimum atomic E-state index is 0.581. The van der Waals surface area contributed by atoms with Crippen LogP contribution in [0.4, 0.5) is 0 Å². The van der Waals surface area contributed by atoms with E-state index >= 15 is 0 Å². The quantitative estimate of drug-likeness (QED) is 0.471. The van der Waals surface area contributed by atoms with Crippen molar-refractivity contribution < 1.29 is 0 Å². The highest BCUT2D eigenvalue weighted by Crippen LogP contribution is 2.40. The Morgan fingerprint density at radius 3 is 2.66 bits per heavy atom. The van der Waals surface area contributed by atoms with Crippen LogP contribution in [-0.2, 0) is 6.42 Å². The Labute approximate surface area is 178 Å². The first-order chi connectivity index (χ1) is 14.2. The molecule has 3 rings (SSSR count). The van der Waals surface area contributed by atoms with Crippen molar-refractivity contribution in [2.75, 3.05) is 13.6 Å². The number of hydrogen-bond acceptors (Lipinski definition) is 1. The molecule has 0 saturated heterocycles. The van der Waals surface area contributed by atoms with Crippen molar-refractivity contribution >= 4 is 0 Å². The lowest BCUT2D eigenvalue weighted by Crippen LogP contribution is -2.19. The molecule has 0 aromatic heterocycles. The highest BCUT2D eigenvalue weighted by Gasteiger charge is 2.26. The van der Waals surface area contributed by atoms with Crippen LogP contribution < -0.4 is 5.32 Å². The SMILES string of the molecule is CCC(Cc1ccccc1)C(C1=CC=CCC1)=C(CCNC)C1=CCCCC1C. The topological polar surface area (TPSA) is 12.0 Å². The fourth-order valence-corrected chi connectivity index (χ4v) is 5.02. The third kappa shape index (κ3) is 5.82. The Morgan fingerprint density at radius 1 is 1.17 bits per heavy atom. The molecule has 1 nitrogen and oxygen atoms in total. The maximum atomic E-state index is 3.42. The zero-order valence-corrected chi connectivity index (χ0v) is 18.7. The Balaban J connectivity index is 2.09. The third-order valence-corrected chi connectivity index (χ3v) is 6.62. The first-order valence-corrected chi connectivity index (χ1v) is 11.7. The van der Waals surface area contributed by atoms with Gasteiger partial charge in [0.15, 0.2) is 0 Å². The smallest absolute Gasteiger partial charge is 0.00111 e. The molecule has 1 heteroatoms. The third-order valence-electron chi connectivity index (χ3n) is 6.62. The van der Waals surface area contributed by atoms with Gasteiger partial charge >= 0.3 is 0 Å². The second kappa shape index (κ2) is 11.4. The summed E-state index contributed by atoms with van der Waals surface area (Å²) >= 11 is 0. The van der Waals surface area contributed by atoms with E-state index in [1.54, 1.807) is 22.3 Å². The molecule has 2 unspecified atom stereocenters. The van der Waals surface area contributed by atoms with Gasteiger partial charge in [-0.1, -0.05) is 68.5 Å². The molecule has 156 valence electrons. The zero-order chi connectivity index (χ0) is 20.5. The fourth-order valence-electron chi connectivity index (χ4n) is 5.02. The molecule has 2 atom stereocenters. The molecule has 0 amide bonds. The van der Waals surface area contributed by atoms with E-state index in [0.717, 1.165) is 19.4 Å². The van der Waals surface area contributed by atoms with Gasteiger partial charge in [0.2, 0.25) is 0 Å². The summed E-state index contributed by atoms with van der Waals surface area (Å²) in [5.74, 6) is 1.26. The molecule has 0 spiro atoms. The van der Waals surface area contributed by atoms with Crippen molar-refractivity contribution in [3.8, 4) is 0 Å². The summed E-state index contributed by atoms with van der Waals surface area (Å²) < 4.78 is 0. The lowest BCUT2D eigenvalue weighted by atomic mass is 9.74. The Bertz CT molecular complexity index is 763. The van der Waals surface area contributed by atoms with Gasteiger partial charge < -0.3 is 5.32 Å². The lowest BCUT2D eigenvalue weighted by molar-refractivity contribution is 0.538. The molecular formula is C28H39N. The molecule has 2 aliphatic rings. The van der Waals surface area contributed by atoms with Crippen molar-refractivity contribution in [1.29, 1.82) is 0 Å². The van der Waals surface area contributed by atoms with Gasteiger partial charge in [-0.2, -0.15) is 0 Å². The number of rotatable bonds is 9. The molecule has 0 aliphatic heterocycles. The Kier molecular flexibility index (Phi) is 8.55. The highest BCUT2D eigenvalue weighted by atomic mass is 14.8. The average molecular weight is 390 g/mol. The second-order valence-corrected chi connectivity index (χ2v) is 8.69. The van der Waals surface area contributed by atoms with Crippen LogP contribution in [0.2, 0.25) is 0 Å². The summed E-state index contributed by atoms with van der Waals surface area (Å²) in [5, 5.41) is 3.42. The zero-order valence-electron chi connectivity index (χ0n) is 18.7. The van der Waals surface area contributed by atoms with Crippen LogP contribution in [-0.4, -0.2) is 13.6 Å². The van der Waals surface area contributed by atoms with Crippen LogP contribution in [0.1, 0.15) is 64.4 Å². The van der Waals surface area contributed by atoms with Gasteiger partial charge in [0.1, 0.15) is 0 Å². The molecule has 1 aromatic carbocycles. The van der Waals surface area contributed by atoms with E-state index in [1.165, 1.54) is 44.1 Å². The van der Waals surface area contributed by atoms with Gasteiger partial charge in [-0.05, 0) is 105 Å². The van der Waals surface area contributed by atoms with Crippen molar-refractivity contribution in [2.24, 2.45) is 11.8 Å². The largest absolute Gasteiger partial charge is 0.319 e. The van der Waals surface area contributed by atoms with E-state index in [9.17, 15) is 0 Å². The van der Waals surface area contributed by atoms with E-state index in [1.807, 2.05) is 0 Å². The summed E-state index contributed by atoms with van der Waals surface area (Å²) in [6, 6.07) is 11.1. The molecule has 0 radical (unpaired) electrons. The van der Waals surface area contributed by atoms with Crippen LogP contribution in [0.25, 0.3) is 0 Å². The summed E-state index contributed by atoms with van der Waals surface area (Å²) in [7, 11) is 2.08.